The molecule has 2 saturated carbocycles. The molecule has 0 aromatic heterocycles. The van der Waals surface area contributed by atoms with Gasteiger partial charge >= 0.3 is 5.24 Å². The van der Waals surface area contributed by atoms with Gasteiger partial charge in [0.05, 0.1) is 0 Å². The SMILES string of the molecule is CC(C)[C@]12CC[C@H](O[Si](C)(C)C(C)(C)C)[C@H]3CC[C@H](C)[C@@H]3[C@H]1OC(=S)O2. The van der Waals surface area contributed by atoms with E-state index in [0.29, 0.717) is 35.0 Å². The highest BCUT2D eigenvalue weighted by Crippen LogP contribution is 2.55. The second-order valence-electron chi connectivity index (χ2n) is 10.8. The monoisotopic (exact) mass is 398 g/mol. The minimum absolute atomic E-state index is 0.0884. The Balaban J connectivity index is 1.94. The zero-order chi connectivity index (χ0) is 19.5. The van der Waals surface area contributed by atoms with Gasteiger partial charge < -0.3 is 13.9 Å². The molecule has 0 N–H and O–H groups in total. The van der Waals surface area contributed by atoms with Crippen molar-refractivity contribution in [2.75, 3.05) is 0 Å². The lowest BCUT2D eigenvalue weighted by atomic mass is 9.74. The fourth-order valence-electron chi connectivity index (χ4n) is 5.28. The summed E-state index contributed by atoms with van der Waals surface area (Å²) in [5.74, 6) is 2.06. The van der Waals surface area contributed by atoms with E-state index in [0.717, 1.165) is 12.8 Å². The highest BCUT2D eigenvalue weighted by molar-refractivity contribution is 7.79. The number of ether oxygens (including phenoxy) is 2. The van der Waals surface area contributed by atoms with Gasteiger partial charge in [0, 0.05) is 24.2 Å². The summed E-state index contributed by atoms with van der Waals surface area (Å²) < 4.78 is 19.5. The molecule has 2 aliphatic carbocycles. The second kappa shape index (κ2) is 6.73. The third-order valence-electron chi connectivity index (χ3n) is 7.96. The summed E-state index contributed by atoms with van der Waals surface area (Å²) in [5, 5.41) is 0.601. The van der Waals surface area contributed by atoms with Crippen molar-refractivity contribution < 1.29 is 13.9 Å². The smallest absolute Gasteiger partial charge is 0.353 e. The van der Waals surface area contributed by atoms with Gasteiger partial charge in [-0.05, 0) is 61.6 Å². The highest BCUT2D eigenvalue weighted by Gasteiger charge is 2.62. The lowest BCUT2D eigenvalue weighted by Gasteiger charge is -2.42. The second-order valence-corrected chi connectivity index (χ2v) is 15.8. The van der Waals surface area contributed by atoms with Crippen LogP contribution in [0.15, 0.2) is 0 Å². The molecule has 6 atom stereocenters. The van der Waals surface area contributed by atoms with Crippen molar-refractivity contribution in [3.63, 3.8) is 0 Å². The topological polar surface area (TPSA) is 27.7 Å². The predicted molar refractivity (Wildman–Crippen MR) is 113 cm³/mol. The lowest BCUT2D eigenvalue weighted by molar-refractivity contribution is -0.0453. The van der Waals surface area contributed by atoms with Crippen LogP contribution in [0.1, 0.15) is 67.2 Å². The van der Waals surface area contributed by atoms with E-state index in [2.05, 4.69) is 54.6 Å². The van der Waals surface area contributed by atoms with E-state index >= 15 is 0 Å². The van der Waals surface area contributed by atoms with Crippen LogP contribution in [0.25, 0.3) is 0 Å². The molecule has 0 bridgehead atoms. The molecule has 3 aliphatic rings. The van der Waals surface area contributed by atoms with E-state index < -0.39 is 8.32 Å². The molecule has 150 valence electrons. The third kappa shape index (κ3) is 3.26. The Morgan fingerprint density at radius 3 is 2.42 bits per heavy atom. The van der Waals surface area contributed by atoms with Gasteiger partial charge in [-0.15, -0.1) is 0 Å². The first-order valence-electron chi connectivity index (χ1n) is 10.5. The van der Waals surface area contributed by atoms with Crippen molar-refractivity contribution in [2.45, 2.75) is 103 Å². The molecule has 3 rings (SSSR count). The van der Waals surface area contributed by atoms with Crippen LogP contribution in [0.2, 0.25) is 18.1 Å². The maximum absolute atomic E-state index is 7.00. The quantitative estimate of drug-likeness (QED) is 0.435. The molecule has 1 saturated heterocycles. The number of rotatable bonds is 3. The fourth-order valence-corrected chi connectivity index (χ4v) is 6.94. The predicted octanol–water partition coefficient (Wildman–Crippen LogP) is 5.93. The summed E-state index contributed by atoms with van der Waals surface area (Å²) in [7, 11) is -1.81. The highest BCUT2D eigenvalue weighted by atomic mass is 32.1. The van der Waals surface area contributed by atoms with Gasteiger partial charge in [-0.1, -0.05) is 41.5 Å². The van der Waals surface area contributed by atoms with E-state index in [1.54, 1.807) is 0 Å². The molecule has 0 unspecified atom stereocenters. The zero-order valence-corrected chi connectivity index (χ0v) is 19.7. The lowest BCUT2D eigenvalue weighted by Crippen LogP contribution is -2.49. The Morgan fingerprint density at radius 2 is 1.85 bits per heavy atom. The third-order valence-corrected chi connectivity index (χ3v) is 12.6. The number of fused-ring (bicyclic) bond motifs is 3. The minimum atomic E-state index is -1.81. The van der Waals surface area contributed by atoms with Crippen LogP contribution in [0, 0.1) is 23.7 Å². The minimum Gasteiger partial charge on any atom is -0.449 e. The molecule has 0 amide bonds. The molecule has 0 spiro atoms. The summed E-state index contributed by atoms with van der Waals surface area (Å²) in [4.78, 5) is 0. The Hall–Kier alpha value is -0.133. The number of hydrogen-bond donors (Lipinski definition) is 0. The number of thiocarbonyl (C=S) groups is 1. The molecule has 1 heterocycles. The Kier molecular flexibility index (Phi) is 5.33. The fraction of sp³-hybridized carbons (Fsp3) is 0.952. The van der Waals surface area contributed by atoms with Crippen molar-refractivity contribution in [1.29, 1.82) is 0 Å². The Labute approximate surface area is 166 Å². The molecule has 1 aliphatic heterocycles. The molecule has 3 fully saturated rings. The van der Waals surface area contributed by atoms with Crippen LogP contribution in [-0.4, -0.2) is 31.4 Å². The number of hydrogen-bond acceptors (Lipinski definition) is 4. The van der Waals surface area contributed by atoms with Gasteiger partial charge in [-0.2, -0.15) is 0 Å². The first-order valence-corrected chi connectivity index (χ1v) is 13.8. The normalized spacial score (nSPS) is 40.7. The molecule has 0 radical (unpaired) electrons. The van der Waals surface area contributed by atoms with E-state index in [-0.39, 0.29) is 16.7 Å². The van der Waals surface area contributed by atoms with Gasteiger partial charge in [-0.25, -0.2) is 0 Å². The van der Waals surface area contributed by atoms with Gasteiger partial charge in [0.2, 0.25) is 0 Å². The van der Waals surface area contributed by atoms with Crippen LogP contribution in [0.5, 0.6) is 0 Å². The summed E-state index contributed by atoms with van der Waals surface area (Å²) in [6.45, 7) is 18.7. The van der Waals surface area contributed by atoms with Crippen LogP contribution in [0.4, 0.5) is 0 Å². The summed E-state index contributed by atoms with van der Waals surface area (Å²) in [5.41, 5.74) is -0.274. The molecule has 3 nitrogen and oxygen atoms in total. The van der Waals surface area contributed by atoms with Crippen LogP contribution in [0.3, 0.4) is 0 Å². The van der Waals surface area contributed by atoms with Gasteiger partial charge in [0.1, 0.15) is 6.10 Å². The van der Waals surface area contributed by atoms with Crippen LogP contribution < -0.4 is 0 Å². The molecule has 0 aromatic rings. The Bertz CT molecular complexity index is 556. The van der Waals surface area contributed by atoms with Crippen LogP contribution in [-0.2, 0) is 13.9 Å². The van der Waals surface area contributed by atoms with E-state index in [9.17, 15) is 0 Å². The summed E-state index contributed by atoms with van der Waals surface area (Å²) in [6, 6.07) is 0. The molecular formula is C21H38O3SSi. The average molecular weight is 399 g/mol. The first-order chi connectivity index (χ1) is 11.9. The molecular weight excluding hydrogens is 360 g/mol. The van der Waals surface area contributed by atoms with Crippen LogP contribution >= 0.6 is 12.2 Å². The summed E-state index contributed by atoms with van der Waals surface area (Å²) >= 11 is 5.36. The van der Waals surface area contributed by atoms with Gasteiger partial charge in [0.15, 0.2) is 13.9 Å². The van der Waals surface area contributed by atoms with E-state index in [1.165, 1.54) is 12.8 Å². The van der Waals surface area contributed by atoms with Crippen molar-refractivity contribution in [1.82, 2.24) is 0 Å². The molecule has 5 heteroatoms. The van der Waals surface area contributed by atoms with E-state index in [1.807, 2.05) is 0 Å². The zero-order valence-electron chi connectivity index (χ0n) is 17.9. The Morgan fingerprint density at radius 1 is 1.19 bits per heavy atom. The van der Waals surface area contributed by atoms with Gasteiger partial charge in [-0.3, -0.25) is 0 Å². The maximum atomic E-state index is 7.00. The standard InChI is InChI=1S/C21H38O3SSi/c1-13(2)21-12-11-16(24-26(7,8)20(4,5)6)15-10-9-14(3)17(15)18(21)22-19(25)23-21/h13-18H,9-12H2,1-8H3/t14-,15+,16-,17-,18+,21+/m0/s1. The maximum Gasteiger partial charge on any atom is 0.353 e. The largest absolute Gasteiger partial charge is 0.449 e. The molecule has 26 heavy (non-hydrogen) atoms. The van der Waals surface area contributed by atoms with Gasteiger partial charge in [0.25, 0.3) is 0 Å². The van der Waals surface area contributed by atoms with Crippen molar-refractivity contribution in [3.05, 3.63) is 0 Å². The van der Waals surface area contributed by atoms with Crippen molar-refractivity contribution >= 4 is 25.8 Å². The molecule has 0 aromatic carbocycles. The van der Waals surface area contributed by atoms with Crippen molar-refractivity contribution in [3.8, 4) is 0 Å². The van der Waals surface area contributed by atoms with Crippen molar-refractivity contribution in [2.24, 2.45) is 23.7 Å². The average Bonchev–Trinajstić information content (AvgIpc) is 2.99. The first kappa shape index (κ1) is 20.6. The summed E-state index contributed by atoms with van der Waals surface area (Å²) in [6.07, 6.45) is 4.95. The van der Waals surface area contributed by atoms with E-state index in [4.69, 9.17) is 26.1 Å².